The van der Waals surface area contributed by atoms with Gasteiger partial charge >= 0.3 is 0 Å². The van der Waals surface area contributed by atoms with Crippen molar-refractivity contribution in [1.82, 2.24) is 0 Å². The Labute approximate surface area is 82.2 Å². The second kappa shape index (κ2) is 3.45. The van der Waals surface area contributed by atoms with Crippen molar-refractivity contribution in [2.75, 3.05) is 23.3 Å². The van der Waals surface area contributed by atoms with Gasteiger partial charge in [-0.15, -0.1) is 0 Å². The van der Waals surface area contributed by atoms with Crippen molar-refractivity contribution in [2.45, 2.75) is 0 Å². The highest BCUT2D eigenvalue weighted by atomic mass is 32.2. The fraction of sp³-hybridized carbons (Fsp3) is 0.250. The van der Waals surface area contributed by atoms with E-state index in [0.717, 1.165) is 16.6 Å². The van der Waals surface area contributed by atoms with Crippen molar-refractivity contribution < 1.29 is 12.8 Å². The summed E-state index contributed by atoms with van der Waals surface area (Å²) in [5.41, 5.74) is 5.57. The average molecular weight is 218 g/mol. The molecule has 0 atom stereocenters. The molecule has 0 fully saturated rings. The molecular formula is C8H11FN2O2S. The van der Waals surface area contributed by atoms with E-state index in [9.17, 15) is 12.8 Å². The number of halogens is 1. The van der Waals surface area contributed by atoms with E-state index < -0.39 is 15.8 Å². The highest BCUT2D eigenvalue weighted by Gasteiger charge is 2.12. The van der Waals surface area contributed by atoms with Crippen LogP contribution in [0.25, 0.3) is 0 Å². The van der Waals surface area contributed by atoms with Crippen LogP contribution in [0.5, 0.6) is 0 Å². The van der Waals surface area contributed by atoms with Gasteiger partial charge in [0.05, 0.1) is 17.6 Å². The van der Waals surface area contributed by atoms with Crippen LogP contribution in [0.15, 0.2) is 18.2 Å². The Balaban J connectivity index is 3.16. The molecule has 4 nitrogen and oxygen atoms in total. The Morgan fingerprint density at radius 3 is 2.43 bits per heavy atom. The third kappa shape index (κ3) is 2.14. The van der Waals surface area contributed by atoms with Gasteiger partial charge in [-0.3, -0.25) is 4.31 Å². The molecule has 0 radical (unpaired) electrons. The third-order valence-electron chi connectivity index (χ3n) is 1.84. The second-order valence-corrected chi connectivity index (χ2v) is 4.95. The van der Waals surface area contributed by atoms with Crippen molar-refractivity contribution in [2.24, 2.45) is 0 Å². The molecule has 0 aliphatic carbocycles. The van der Waals surface area contributed by atoms with Crippen molar-refractivity contribution in [3.05, 3.63) is 24.0 Å². The van der Waals surface area contributed by atoms with Crippen LogP contribution in [0.1, 0.15) is 0 Å². The number of hydrogen-bond donors (Lipinski definition) is 1. The summed E-state index contributed by atoms with van der Waals surface area (Å²) in [5, 5.41) is 0. The molecule has 0 saturated heterocycles. The normalized spacial score (nSPS) is 11.4. The summed E-state index contributed by atoms with van der Waals surface area (Å²) in [7, 11) is -1.95. The molecule has 0 bridgehead atoms. The van der Waals surface area contributed by atoms with E-state index in [1.807, 2.05) is 0 Å². The van der Waals surface area contributed by atoms with Crippen LogP contribution in [0, 0.1) is 5.82 Å². The largest absolute Gasteiger partial charge is 0.396 e. The molecule has 14 heavy (non-hydrogen) atoms. The standard InChI is InChI=1S/C8H11FN2O2S/c1-11(14(2,12)13)6-3-4-7(9)8(10)5-6/h3-5H,10H2,1-2H3. The Morgan fingerprint density at radius 2 is 2.00 bits per heavy atom. The van der Waals surface area contributed by atoms with E-state index in [0.29, 0.717) is 5.69 Å². The lowest BCUT2D eigenvalue weighted by molar-refractivity contribution is 0.600. The predicted octanol–water partition coefficient (Wildman–Crippen LogP) is 0.804. The van der Waals surface area contributed by atoms with Gasteiger partial charge in [-0.05, 0) is 18.2 Å². The van der Waals surface area contributed by atoms with Gasteiger partial charge in [0, 0.05) is 7.05 Å². The maximum atomic E-state index is 12.8. The smallest absolute Gasteiger partial charge is 0.231 e. The molecular weight excluding hydrogens is 207 g/mol. The van der Waals surface area contributed by atoms with E-state index in [2.05, 4.69) is 0 Å². The zero-order valence-corrected chi connectivity index (χ0v) is 8.68. The van der Waals surface area contributed by atoms with Gasteiger partial charge in [0.25, 0.3) is 0 Å². The van der Waals surface area contributed by atoms with Gasteiger partial charge in [0.15, 0.2) is 0 Å². The number of hydrogen-bond acceptors (Lipinski definition) is 3. The van der Waals surface area contributed by atoms with E-state index in [-0.39, 0.29) is 5.69 Å². The van der Waals surface area contributed by atoms with Crippen LogP contribution in [-0.2, 0) is 10.0 Å². The maximum absolute atomic E-state index is 12.8. The van der Waals surface area contributed by atoms with E-state index in [4.69, 9.17) is 5.73 Å². The summed E-state index contributed by atoms with van der Waals surface area (Å²) in [6.45, 7) is 0. The number of nitrogen functional groups attached to an aromatic ring is 1. The number of rotatable bonds is 2. The molecule has 2 N–H and O–H groups in total. The number of nitrogens with zero attached hydrogens (tertiary/aromatic N) is 1. The molecule has 1 aromatic carbocycles. The fourth-order valence-corrected chi connectivity index (χ4v) is 1.42. The lowest BCUT2D eigenvalue weighted by Crippen LogP contribution is -2.24. The van der Waals surface area contributed by atoms with Crippen LogP contribution in [0.4, 0.5) is 15.8 Å². The molecule has 0 spiro atoms. The molecule has 0 aromatic heterocycles. The van der Waals surface area contributed by atoms with Crippen LogP contribution < -0.4 is 10.0 Å². The average Bonchev–Trinajstić information content (AvgIpc) is 2.07. The lowest BCUT2D eigenvalue weighted by atomic mass is 10.3. The topological polar surface area (TPSA) is 63.4 Å². The Morgan fingerprint density at radius 1 is 1.43 bits per heavy atom. The minimum absolute atomic E-state index is 0.0713. The first kappa shape index (κ1) is 10.8. The molecule has 78 valence electrons. The Kier molecular flexibility index (Phi) is 2.66. The molecule has 1 rings (SSSR count). The zero-order chi connectivity index (χ0) is 10.9. The lowest BCUT2D eigenvalue weighted by Gasteiger charge is -2.16. The monoisotopic (exact) mass is 218 g/mol. The molecule has 1 aromatic rings. The van der Waals surface area contributed by atoms with Gasteiger partial charge in [-0.2, -0.15) is 0 Å². The van der Waals surface area contributed by atoms with Crippen molar-refractivity contribution in [1.29, 1.82) is 0 Å². The zero-order valence-electron chi connectivity index (χ0n) is 7.86. The van der Waals surface area contributed by atoms with Gasteiger partial charge in [-0.25, -0.2) is 12.8 Å². The molecule has 0 amide bonds. The summed E-state index contributed by atoms with van der Waals surface area (Å²) >= 11 is 0. The number of nitrogens with two attached hydrogens (primary N) is 1. The summed E-state index contributed by atoms with van der Waals surface area (Å²) in [6.07, 6.45) is 1.06. The van der Waals surface area contributed by atoms with Crippen molar-refractivity contribution in [3.8, 4) is 0 Å². The van der Waals surface area contributed by atoms with Gasteiger partial charge in [0.2, 0.25) is 10.0 Å². The number of sulfonamides is 1. The van der Waals surface area contributed by atoms with Gasteiger partial charge < -0.3 is 5.73 Å². The van der Waals surface area contributed by atoms with Gasteiger partial charge in [0.1, 0.15) is 5.82 Å². The van der Waals surface area contributed by atoms with Gasteiger partial charge in [-0.1, -0.05) is 0 Å². The van der Waals surface area contributed by atoms with Crippen LogP contribution in [0.2, 0.25) is 0 Å². The maximum Gasteiger partial charge on any atom is 0.231 e. The Bertz CT molecular complexity index is 445. The first-order chi connectivity index (χ1) is 6.32. The number of benzene rings is 1. The Hall–Kier alpha value is -1.30. The summed E-state index contributed by atoms with van der Waals surface area (Å²) < 4.78 is 36.0. The second-order valence-electron chi connectivity index (χ2n) is 2.94. The summed E-state index contributed by atoms with van der Waals surface area (Å²) in [5.74, 6) is -0.560. The molecule has 0 unspecified atom stereocenters. The van der Waals surface area contributed by atoms with Crippen molar-refractivity contribution in [3.63, 3.8) is 0 Å². The highest BCUT2D eigenvalue weighted by Crippen LogP contribution is 2.20. The SMILES string of the molecule is CN(c1ccc(F)c(N)c1)S(C)(=O)=O. The van der Waals surface area contributed by atoms with E-state index >= 15 is 0 Å². The van der Waals surface area contributed by atoms with Crippen LogP contribution >= 0.6 is 0 Å². The van der Waals surface area contributed by atoms with Crippen LogP contribution in [-0.4, -0.2) is 21.7 Å². The highest BCUT2D eigenvalue weighted by molar-refractivity contribution is 7.92. The number of anilines is 2. The molecule has 0 aliphatic heterocycles. The molecule has 6 heteroatoms. The fourth-order valence-electron chi connectivity index (χ4n) is 0.918. The van der Waals surface area contributed by atoms with E-state index in [1.54, 1.807) is 0 Å². The minimum Gasteiger partial charge on any atom is -0.396 e. The van der Waals surface area contributed by atoms with E-state index in [1.165, 1.54) is 19.2 Å². The quantitative estimate of drug-likeness (QED) is 0.747. The summed E-state index contributed by atoms with van der Waals surface area (Å²) in [4.78, 5) is 0. The first-order valence-corrected chi connectivity index (χ1v) is 5.66. The summed E-state index contributed by atoms with van der Waals surface area (Å²) in [6, 6.07) is 3.76. The molecule has 0 heterocycles. The van der Waals surface area contributed by atoms with Crippen LogP contribution in [0.3, 0.4) is 0 Å². The minimum atomic E-state index is -3.33. The third-order valence-corrected chi connectivity index (χ3v) is 3.05. The predicted molar refractivity (Wildman–Crippen MR) is 54.1 cm³/mol. The molecule has 0 aliphatic rings. The van der Waals surface area contributed by atoms with Crippen molar-refractivity contribution >= 4 is 21.4 Å². The first-order valence-electron chi connectivity index (χ1n) is 3.81. The molecule has 0 saturated carbocycles.